The Bertz CT molecular complexity index is 318. The molecule has 0 heterocycles. The molecule has 0 saturated heterocycles. The molecule has 1 aromatic rings. The van der Waals surface area contributed by atoms with E-state index in [0.717, 1.165) is 31.7 Å². The number of rotatable bonds is 7. The summed E-state index contributed by atoms with van der Waals surface area (Å²) in [7, 11) is 3.14. The highest BCUT2D eigenvalue weighted by Crippen LogP contribution is 2.20. The van der Waals surface area contributed by atoms with Gasteiger partial charge in [-0.1, -0.05) is 0 Å². The minimum atomic E-state index is -0.343. The number of benzene rings is 1. The highest BCUT2D eigenvalue weighted by atomic mass is 19.1. The average molecular weight is 227 g/mol. The smallest absolute Gasteiger partial charge is 0.167 e. The lowest BCUT2D eigenvalue weighted by molar-refractivity contribution is 0.194. The van der Waals surface area contributed by atoms with Gasteiger partial charge in [-0.3, -0.25) is 0 Å². The van der Waals surface area contributed by atoms with Crippen LogP contribution in [0, 0.1) is 5.82 Å². The van der Waals surface area contributed by atoms with Crippen LogP contribution in [0.5, 0.6) is 5.75 Å². The summed E-state index contributed by atoms with van der Waals surface area (Å²) in [5.41, 5.74) is 0.774. The van der Waals surface area contributed by atoms with Crippen molar-refractivity contribution in [3.63, 3.8) is 0 Å². The van der Waals surface area contributed by atoms with Crippen LogP contribution >= 0.6 is 0 Å². The van der Waals surface area contributed by atoms with Crippen LogP contribution in [0.1, 0.15) is 12.8 Å². The summed E-state index contributed by atoms with van der Waals surface area (Å²) >= 11 is 0. The van der Waals surface area contributed by atoms with Gasteiger partial charge in [0.1, 0.15) is 0 Å². The van der Waals surface area contributed by atoms with Gasteiger partial charge in [-0.05, 0) is 25.0 Å². The molecule has 0 aliphatic carbocycles. The Morgan fingerprint density at radius 1 is 1.25 bits per heavy atom. The maximum Gasteiger partial charge on any atom is 0.167 e. The molecule has 0 aliphatic rings. The Morgan fingerprint density at radius 2 is 2.06 bits per heavy atom. The summed E-state index contributed by atoms with van der Waals surface area (Å²) in [6.07, 6.45) is 2.00. The molecule has 0 unspecified atom stereocenters. The first kappa shape index (κ1) is 12.8. The molecule has 3 nitrogen and oxygen atoms in total. The number of halogens is 1. The molecule has 1 rings (SSSR count). The molecule has 0 saturated carbocycles. The van der Waals surface area contributed by atoms with Gasteiger partial charge >= 0.3 is 0 Å². The van der Waals surface area contributed by atoms with Gasteiger partial charge in [0.2, 0.25) is 0 Å². The monoisotopic (exact) mass is 227 g/mol. The van der Waals surface area contributed by atoms with Crippen molar-refractivity contribution in [3.05, 3.63) is 24.0 Å². The van der Waals surface area contributed by atoms with Gasteiger partial charge in [0.15, 0.2) is 11.6 Å². The van der Waals surface area contributed by atoms with E-state index < -0.39 is 0 Å². The number of nitrogens with one attached hydrogen (secondary N) is 1. The van der Waals surface area contributed by atoms with Crippen LogP contribution in [-0.4, -0.2) is 27.4 Å². The second-order valence-corrected chi connectivity index (χ2v) is 3.48. The fraction of sp³-hybridized carbons (Fsp3) is 0.500. The Labute approximate surface area is 95.6 Å². The second kappa shape index (κ2) is 7.06. The highest BCUT2D eigenvalue weighted by Gasteiger charge is 2.02. The summed E-state index contributed by atoms with van der Waals surface area (Å²) in [6.45, 7) is 1.58. The molecule has 0 bridgehead atoms. The number of unbranched alkanes of at least 4 members (excludes halogenated alkanes) is 1. The Balaban J connectivity index is 2.34. The molecule has 90 valence electrons. The molecule has 4 heteroatoms. The lowest BCUT2D eigenvalue weighted by atomic mass is 10.2. The summed E-state index contributed by atoms with van der Waals surface area (Å²) in [5.74, 6) is -0.0747. The largest absolute Gasteiger partial charge is 0.494 e. The van der Waals surface area contributed by atoms with Gasteiger partial charge in [-0.25, -0.2) is 4.39 Å². The lowest BCUT2D eigenvalue weighted by Crippen LogP contribution is -2.03. The summed E-state index contributed by atoms with van der Waals surface area (Å²) in [6, 6.07) is 4.86. The zero-order valence-corrected chi connectivity index (χ0v) is 9.75. The summed E-state index contributed by atoms with van der Waals surface area (Å²) < 4.78 is 23.1. The van der Waals surface area contributed by atoms with Crippen LogP contribution in [0.3, 0.4) is 0 Å². The van der Waals surface area contributed by atoms with E-state index >= 15 is 0 Å². The Morgan fingerprint density at radius 3 is 2.69 bits per heavy atom. The third kappa shape index (κ3) is 4.06. The quantitative estimate of drug-likeness (QED) is 0.726. The van der Waals surface area contributed by atoms with Gasteiger partial charge in [-0.15, -0.1) is 0 Å². The maximum atomic E-state index is 13.3. The molecule has 0 amide bonds. The predicted molar refractivity (Wildman–Crippen MR) is 62.6 cm³/mol. The maximum absolute atomic E-state index is 13.3. The Kier molecular flexibility index (Phi) is 5.64. The fourth-order valence-corrected chi connectivity index (χ4v) is 1.38. The first-order valence-corrected chi connectivity index (χ1v) is 5.34. The lowest BCUT2D eigenvalue weighted by Gasteiger charge is -2.08. The molecule has 0 aliphatic heterocycles. The second-order valence-electron chi connectivity index (χ2n) is 3.48. The van der Waals surface area contributed by atoms with E-state index in [0.29, 0.717) is 0 Å². The zero-order chi connectivity index (χ0) is 11.8. The van der Waals surface area contributed by atoms with Crippen molar-refractivity contribution in [2.45, 2.75) is 12.8 Å². The van der Waals surface area contributed by atoms with Crippen LogP contribution in [0.2, 0.25) is 0 Å². The van der Waals surface area contributed by atoms with Gasteiger partial charge in [-0.2, -0.15) is 0 Å². The van der Waals surface area contributed by atoms with Gasteiger partial charge < -0.3 is 14.8 Å². The van der Waals surface area contributed by atoms with E-state index in [1.165, 1.54) is 13.2 Å². The normalized spacial score (nSPS) is 10.2. The molecular formula is C12H18FNO2. The van der Waals surface area contributed by atoms with E-state index in [2.05, 4.69) is 5.32 Å². The van der Waals surface area contributed by atoms with Gasteiger partial charge in [0, 0.05) is 32.0 Å². The molecule has 16 heavy (non-hydrogen) atoms. The topological polar surface area (TPSA) is 30.5 Å². The molecule has 0 atom stereocenters. The SMILES string of the molecule is COCCCCNc1ccc(OC)c(F)c1. The van der Waals surface area contributed by atoms with Crippen LogP contribution in [0.15, 0.2) is 18.2 Å². The standard InChI is InChI=1S/C12H18FNO2/c1-15-8-4-3-7-14-10-5-6-12(16-2)11(13)9-10/h5-6,9,14H,3-4,7-8H2,1-2H3. The predicted octanol–water partition coefficient (Wildman–Crippen LogP) is 2.67. The molecule has 1 aromatic carbocycles. The third-order valence-corrected chi connectivity index (χ3v) is 2.26. The van der Waals surface area contributed by atoms with Crippen molar-refractivity contribution in [2.75, 3.05) is 32.7 Å². The average Bonchev–Trinajstić information content (AvgIpc) is 2.29. The fourth-order valence-electron chi connectivity index (χ4n) is 1.38. The summed E-state index contributed by atoms with van der Waals surface area (Å²) in [5, 5.41) is 3.14. The number of ether oxygens (including phenoxy) is 2. The van der Waals surface area contributed by atoms with Crippen molar-refractivity contribution in [2.24, 2.45) is 0 Å². The van der Waals surface area contributed by atoms with Crippen molar-refractivity contribution < 1.29 is 13.9 Å². The highest BCUT2D eigenvalue weighted by molar-refractivity contribution is 5.47. The molecule has 1 N–H and O–H groups in total. The van der Waals surface area contributed by atoms with Crippen LogP contribution in [0.4, 0.5) is 10.1 Å². The van der Waals surface area contributed by atoms with E-state index in [1.807, 2.05) is 0 Å². The van der Waals surface area contributed by atoms with E-state index in [-0.39, 0.29) is 11.6 Å². The number of hydrogen-bond acceptors (Lipinski definition) is 3. The summed E-state index contributed by atoms with van der Waals surface area (Å²) in [4.78, 5) is 0. The van der Waals surface area contributed by atoms with Crippen LogP contribution in [-0.2, 0) is 4.74 Å². The van der Waals surface area contributed by atoms with Crippen molar-refractivity contribution in [1.29, 1.82) is 0 Å². The number of methoxy groups -OCH3 is 2. The molecule has 0 radical (unpaired) electrons. The van der Waals surface area contributed by atoms with E-state index in [9.17, 15) is 4.39 Å². The molecule has 0 aromatic heterocycles. The number of anilines is 1. The molecular weight excluding hydrogens is 209 g/mol. The minimum Gasteiger partial charge on any atom is -0.494 e. The van der Waals surface area contributed by atoms with Crippen molar-refractivity contribution >= 4 is 5.69 Å². The minimum absolute atomic E-state index is 0.268. The molecule has 0 fully saturated rings. The van der Waals surface area contributed by atoms with Crippen molar-refractivity contribution in [1.82, 2.24) is 0 Å². The van der Waals surface area contributed by atoms with Crippen molar-refractivity contribution in [3.8, 4) is 5.75 Å². The number of hydrogen-bond donors (Lipinski definition) is 1. The first-order valence-electron chi connectivity index (χ1n) is 5.34. The Hall–Kier alpha value is -1.29. The first-order chi connectivity index (χ1) is 7.77. The van der Waals surface area contributed by atoms with E-state index in [1.54, 1.807) is 19.2 Å². The van der Waals surface area contributed by atoms with E-state index in [4.69, 9.17) is 9.47 Å². The zero-order valence-electron chi connectivity index (χ0n) is 9.75. The van der Waals surface area contributed by atoms with Gasteiger partial charge in [0.25, 0.3) is 0 Å². The van der Waals surface area contributed by atoms with Crippen LogP contribution in [0.25, 0.3) is 0 Å². The molecule has 0 spiro atoms. The third-order valence-electron chi connectivity index (χ3n) is 2.26. The van der Waals surface area contributed by atoms with Gasteiger partial charge in [0.05, 0.1) is 7.11 Å². The van der Waals surface area contributed by atoms with Crippen LogP contribution < -0.4 is 10.1 Å².